The highest BCUT2D eigenvalue weighted by atomic mass is 16.5. The van der Waals surface area contributed by atoms with Gasteiger partial charge in [0.05, 0.1) is 13.7 Å². The number of hydrogen-bond acceptors (Lipinski definition) is 5. The number of fused-ring (bicyclic) bond motifs is 1. The van der Waals surface area contributed by atoms with E-state index in [-0.39, 0.29) is 5.88 Å². The average molecular weight is 232 g/mol. The molecule has 2 aromatic rings. The van der Waals surface area contributed by atoms with Crippen LogP contribution in [0.1, 0.15) is 5.56 Å². The second-order valence-corrected chi connectivity index (χ2v) is 3.87. The molecule has 0 fully saturated rings. The van der Waals surface area contributed by atoms with Crippen molar-refractivity contribution in [2.75, 3.05) is 19.5 Å². The Morgan fingerprint density at radius 2 is 2.24 bits per heavy atom. The van der Waals surface area contributed by atoms with Gasteiger partial charge < -0.3 is 19.7 Å². The van der Waals surface area contributed by atoms with Crippen LogP contribution in [0, 0.1) is 0 Å². The molecule has 3 rings (SSSR count). The third-order valence-electron chi connectivity index (χ3n) is 2.82. The zero-order valence-electron chi connectivity index (χ0n) is 9.40. The molecule has 0 saturated heterocycles. The number of methoxy groups -OCH3 is 1. The quantitative estimate of drug-likeness (QED) is 0.855. The molecule has 0 aliphatic carbocycles. The fourth-order valence-corrected chi connectivity index (χ4v) is 1.99. The van der Waals surface area contributed by atoms with Gasteiger partial charge in [-0.15, -0.1) is 0 Å². The van der Waals surface area contributed by atoms with E-state index in [0.29, 0.717) is 12.3 Å². The lowest BCUT2D eigenvalue weighted by Gasteiger charge is -2.08. The number of nitrogens with two attached hydrogens (primary N) is 1. The number of nitrogen functional groups attached to an aromatic ring is 1. The number of hydrogen-bond donors (Lipinski definition) is 1. The fraction of sp³-hybridized carbons (Fsp3) is 0.250. The molecule has 0 unspecified atom stereocenters. The van der Waals surface area contributed by atoms with Gasteiger partial charge in [0.1, 0.15) is 17.2 Å². The van der Waals surface area contributed by atoms with Crippen molar-refractivity contribution in [2.24, 2.45) is 0 Å². The molecule has 1 aliphatic rings. The van der Waals surface area contributed by atoms with Gasteiger partial charge in [0.15, 0.2) is 0 Å². The summed E-state index contributed by atoms with van der Waals surface area (Å²) in [4.78, 5) is 0. The maximum Gasteiger partial charge on any atom is 0.222 e. The minimum Gasteiger partial charge on any atom is -0.496 e. The van der Waals surface area contributed by atoms with Crippen LogP contribution in [0.25, 0.3) is 11.3 Å². The van der Waals surface area contributed by atoms with Crippen molar-refractivity contribution >= 4 is 5.88 Å². The summed E-state index contributed by atoms with van der Waals surface area (Å²) in [6.45, 7) is 0.711. The van der Waals surface area contributed by atoms with E-state index in [0.717, 1.165) is 29.0 Å². The van der Waals surface area contributed by atoms with Crippen LogP contribution in [-0.2, 0) is 6.42 Å². The van der Waals surface area contributed by atoms with E-state index in [9.17, 15) is 0 Å². The molecule has 5 heteroatoms. The predicted molar refractivity (Wildman–Crippen MR) is 62.1 cm³/mol. The summed E-state index contributed by atoms with van der Waals surface area (Å²) in [6.07, 6.45) is 0.910. The van der Waals surface area contributed by atoms with Crippen molar-refractivity contribution in [2.45, 2.75) is 6.42 Å². The van der Waals surface area contributed by atoms with Gasteiger partial charge in [0.25, 0.3) is 0 Å². The van der Waals surface area contributed by atoms with Gasteiger partial charge in [-0.2, -0.15) is 0 Å². The highest BCUT2D eigenvalue weighted by Crippen LogP contribution is 2.38. The number of benzene rings is 1. The Morgan fingerprint density at radius 3 is 2.94 bits per heavy atom. The smallest absolute Gasteiger partial charge is 0.222 e. The zero-order valence-corrected chi connectivity index (χ0v) is 9.40. The number of nitrogens with zero attached hydrogens (tertiary/aromatic N) is 1. The van der Waals surface area contributed by atoms with E-state index >= 15 is 0 Å². The number of ether oxygens (including phenoxy) is 2. The van der Waals surface area contributed by atoms with E-state index in [4.69, 9.17) is 19.7 Å². The summed E-state index contributed by atoms with van der Waals surface area (Å²) in [5, 5.41) is 3.88. The van der Waals surface area contributed by atoms with E-state index < -0.39 is 0 Å². The molecular weight excluding hydrogens is 220 g/mol. The third kappa shape index (κ3) is 1.60. The van der Waals surface area contributed by atoms with E-state index in [1.54, 1.807) is 13.2 Å². The third-order valence-corrected chi connectivity index (χ3v) is 2.82. The van der Waals surface area contributed by atoms with Crippen molar-refractivity contribution < 1.29 is 14.0 Å². The normalized spacial score (nSPS) is 13.2. The lowest BCUT2D eigenvalue weighted by Crippen LogP contribution is -1.90. The van der Waals surface area contributed by atoms with Crippen LogP contribution in [0.2, 0.25) is 0 Å². The zero-order chi connectivity index (χ0) is 11.8. The van der Waals surface area contributed by atoms with Gasteiger partial charge in [-0.1, -0.05) is 5.16 Å². The van der Waals surface area contributed by atoms with Crippen LogP contribution in [0.4, 0.5) is 5.88 Å². The van der Waals surface area contributed by atoms with Crippen molar-refractivity contribution in [3.63, 3.8) is 0 Å². The van der Waals surface area contributed by atoms with Crippen molar-refractivity contribution in [1.29, 1.82) is 0 Å². The first-order valence-electron chi connectivity index (χ1n) is 5.34. The number of anilines is 1. The summed E-state index contributed by atoms with van der Waals surface area (Å²) in [5.74, 6) is 1.91. The highest BCUT2D eigenvalue weighted by Gasteiger charge is 2.19. The molecule has 17 heavy (non-hydrogen) atoms. The molecule has 0 radical (unpaired) electrons. The second-order valence-electron chi connectivity index (χ2n) is 3.87. The van der Waals surface area contributed by atoms with Gasteiger partial charge in [-0.25, -0.2) is 0 Å². The first kappa shape index (κ1) is 10.0. The van der Waals surface area contributed by atoms with Crippen LogP contribution in [0.15, 0.2) is 22.7 Å². The largest absolute Gasteiger partial charge is 0.496 e. The Hall–Kier alpha value is -2.17. The van der Waals surface area contributed by atoms with Crippen LogP contribution >= 0.6 is 0 Å². The first-order valence-corrected chi connectivity index (χ1v) is 5.34. The summed E-state index contributed by atoms with van der Waals surface area (Å²) >= 11 is 0. The Bertz CT molecular complexity index is 563. The molecule has 1 aliphatic heterocycles. The topological polar surface area (TPSA) is 70.5 Å². The molecule has 0 bridgehead atoms. The van der Waals surface area contributed by atoms with Crippen molar-refractivity contribution in [3.8, 4) is 22.8 Å². The van der Waals surface area contributed by atoms with Gasteiger partial charge >= 0.3 is 0 Å². The van der Waals surface area contributed by atoms with Gasteiger partial charge in [0.2, 0.25) is 5.88 Å². The maximum atomic E-state index is 5.52. The summed E-state index contributed by atoms with van der Waals surface area (Å²) in [7, 11) is 1.63. The predicted octanol–water partition coefficient (Wildman–Crippen LogP) is 1.87. The fourth-order valence-electron chi connectivity index (χ4n) is 1.99. The highest BCUT2D eigenvalue weighted by molar-refractivity contribution is 5.71. The summed E-state index contributed by atoms with van der Waals surface area (Å²) in [5.41, 5.74) is 8.15. The van der Waals surface area contributed by atoms with Crippen LogP contribution < -0.4 is 15.2 Å². The lowest BCUT2D eigenvalue weighted by molar-refractivity contribution is 0.356. The number of rotatable bonds is 2. The molecule has 88 valence electrons. The summed E-state index contributed by atoms with van der Waals surface area (Å²) < 4.78 is 15.7. The van der Waals surface area contributed by atoms with Crippen LogP contribution in [-0.4, -0.2) is 18.9 Å². The number of aromatic nitrogens is 1. The molecule has 0 spiro atoms. The molecule has 2 heterocycles. The molecular formula is C12H12N2O3. The van der Waals surface area contributed by atoms with Crippen molar-refractivity contribution in [3.05, 3.63) is 23.8 Å². The Labute approximate surface area is 98.1 Å². The van der Waals surface area contributed by atoms with E-state index in [2.05, 4.69) is 5.16 Å². The molecule has 0 saturated carbocycles. The Kier molecular flexibility index (Phi) is 2.18. The second kappa shape index (κ2) is 3.69. The average Bonchev–Trinajstić information content (AvgIpc) is 2.94. The Balaban J connectivity index is 2.15. The summed E-state index contributed by atoms with van der Waals surface area (Å²) in [6, 6.07) is 5.56. The minimum atomic E-state index is 0.281. The van der Waals surface area contributed by atoms with E-state index in [1.807, 2.05) is 12.1 Å². The van der Waals surface area contributed by atoms with Gasteiger partial charge in [0, 0.05) is 23.6 Å². The monoisotopic (exact) mass is 232 g/mol. The molecule has 0 atom stereocenters. The molecule has 0 amide bonds. The lowest BCUT2D eigenvalue weighted by atomic mass is 10.1. The van der Waals surface area contributed by atoms with Crippen molar-refractivity contribution in [1.82, 2.24) is 5.16 Å². The molecule has 5 nitrogen and oxygen atoms in total. The first-order chi connectivity index (χ1) is 8.28. The Morgan fingerprint density at radius 1 is 1.35 bits per heavy atom. The maximum absolute atomic E-state index is 5.52. The van der Waals surface area contributed by atoms with Crippen LogP contribution in [0.5, 0.6) is 11.5 Å². The molecule has 1 aromatic carbocycles. The minimum absolute atomic E-state index is 0.281. The standard InChI is InChI=1S/C12H12N2O3/c1-15-11-4-7-2-3-16-10(7)5-8(11)9-6-12(13)17-14-9/h4-6H,2-3,13H2,1H3. The van der Waals surface area contributed by atoms with Gasteiger partial charge in [-0.3, -0.25) is 0 Å². The SMILES string of the molecule is COc1cc2c(cc1-c1cc(N)on1)OCC2. The molecule has 2 N–H and O–H groups in total. The van der Waals surface area contributed by atoms with Gasteiger partial charge in [-0.05, 0) is 12.1 Å². The molecule has 1 aromatic heterocycles. The van der Waals surface area contributed by atoms with E-state index in [1.165, 1.54) is 0 Å². The van der Waals surface area contributed by atoms with Crippen LogP contribution in [0.3, 0.4) is 0 Å².